The van der Waals surface area contributed by atoms with Crippen LogP contribution in [0.1, 0.15) is 22.3 Å². The Morgan fingerprint density at radius 2 is 1.23 bits per heavy atom. The number of nitrogens with zero attached hydrogens (tertiary/aromatic N) is 3. The van der Waals surface area contributed by atoms with Gasteiger partial charge in [-0.1, -0.05) is 84.9 Å². The van der Waals surface area contributed by atoms with E-state index in [0.29, 0.717) is 0 Å². The second kappa shape index (κ2) is 8.62. The van der Waals surface area contributed by atoms with Gasteiger partial charge in [0.05, 0.1) is 22.1 Å². The molecule has 0 fully saturated rings. The molecule has 44 heavy (non-hydrogen) atoms. The van der Waals surface area contributed by atoms with E-state index in [1.165, 1.54) is 77.6 Å². The highest BCUT2D eigenvalue weighted by molar-refractivity contribution is 6.10. The van der Waals surface area contributed by atoms with Gasteiger partial charge in [-0.15, -0.1) is 0 Å². The highest BCUT2D eigenvalue weighted by Crippen LogP contribution is 2.62. The molecule has 0 saturated heterocycles. The van der Waals surface area contributed by atoms with Crippen LogP contribution in [0.25, 0.3) is 61.0 Å². The van der Waals surface area contributed by atoms with E-state index >= 15 is 0 Å². The van der Waals surface area contributed by atoms with Crippen molar-refractivity contribution in [1.82, 2.24) is 14.5 Å². The van der Waals surface area contributed by atoms with Crippen LogP contribution < -0.4 is 0 Å². The highest BCUT2D eigenvalue weighted by atomic mass is 15.0. The van der Waals surface area contributed by atoms with Crippen molar-refractivity contribution in [1.29, 1.82) is 0 Å². The van der Waals surface area contributed by atoms with Crippen LogP contribution in [0.4, 0.5) is 0 Å². The van der Waals surface area contributed by atoms with Crippen molar-refractivity contribution in [3.8, 4) is 39.2 Å². The first-order valence-corrected chi connectivity index (χ1v) is 15.1. The summed E-state index contributed by atoms with van der Waals surface area (Å²) in [5, 5.41) is 2.52. The molecule has 8 aromatic rings. The lowest BCUT2D eigenvalue weighted by molar-refractivity contribution is 0.786. The number of fused-ring (bicyclic) bond motifs is 13. The SMILES string of the molecule is c1ccc(-n2c3ccccc3c3cc(-c4ccc5c(c4)-c4ccncc4C54c5ccccc5-c5ncccc54)ccc32)cc1. The van der Waals surface area contributed by atoms with Crippen LogP contribution in [0.15, 0.2) is 152 Å². The first kappa shape index (κ1) is 23.7. The van der Waals surface area contributed by atoms with Gasteiger partial charge in [0.2, 0.25) is 0 Å². The van der Waals surface area contributed by atoms with Crippen LogP contribution in [-0.2, 0) is 5.41 Å². The van der Waals surface area contributed by atoms with Gasteiger partial charge >= 0.3 is 0 Å². The molecule has 2 aliphatic rings. The minimum Gasteiger partial charge on any atom is -0.309 e. The Hall–Kier alpha value is -5.80. The molecule has 2 aliphatic carbocycles. The monoisotopic (exact) mass is 559 g/mol. The fraction of sp³-hybridized carbons (Fsp3) is 0.0244. The molecule has 1 unspecified atom stereocenters. The summed E-state index contributed by atoms with van der Waals surface area (Å²) in [7, 11) is 0. The lowest BCUT2D eigenvalue weighted by Crippen LogP contribution is -2.26. The Kier molecular flexibility index (Phi) is 4.65. The van der Waals surface area contributed by atoms with E-state index in [0.717, 1.165) is 5.69 Å². The first-order valence-electron chi connectivity index (χ1n) is 15.1. The normalized spacial score (nSPS) is 15.8. The van der Waals surface area contributed by atoms with E-state index in [9.17, 15) is 0 Å². The van der Waals surface area contributed by atoms with Crippen molar-refractivity contribution in [2.75, 3.05) is 0 Å². The molecule has 0 N–H and O–H groups in total. The molecule has 0 amide bonds. The molecule has 1 spiro atoms. The molecular weight excluding hydrogens is 534 g/mol. The molecule has 3 heterocycles. The summed E-state index contributed by atoms with van der Waals surface area (Å²) in [5.41, 5.74) is 15.4. The van der Waals surface area contributed by atoms with Crippen LogP contribution in [-0.4, -0.2) is 14.5 Å². The number of pyridine rings is 2. The zero-order valence-corrected chi connectivity index (χ0v) is 23.8. The Bertz CT molecular complexity index is 2410. The molecule has 3 heteroatoms. The van der Waals surface area contributed by atoms with Crippen LogP contribution >= 0.6 is 0 Å². The number of rotatable bonds is 2. The lowest BCUT2D eigenvalue weighted by Gasteiger charge is -2.29. The van der Waals surface area contributed by atoms with E-state index in [-0.39, 0.29) is 0 Å². The number of benzene rings is 5. The van der Waals surface area contributed by atoms with Crippen molar-refractivity contribution in [3.05, 3.63) is 174 Å². The van der Waals surface area contributed by atoms with Crippen LogP contribution in [0, 0.1) is 0 Å². The van der Waals surface area contributed by atoms with Gasteiger partial charge in [-0.2, -0.15) is 0 Å². The maximum atomic E-state index is 4.89. The third kappa shape index (κ3) is 2.91. The van der Waals surface area contributed by atoms with Crippen LogP contribution in [0.2, 0.25) is 0 Å². The minimum absolute atomic E-state index is 0.426. The summed E-state index contributed by atoms with van der Waals surface area (Å²) < 4.78 is 2.37. The minimum atomic E-state index is -0.426. The molecule has 0 bridgehead atoms. The van der Waals surface area contributed by atoms with Crippen molar-refractivity contribution in [3.63, 3.8) is 0 Å². The summed E-state index contributed by atoms with van der Waals surface area (Å²) in [4.78, 5) is 9.54. The van der Waals surface area contributed by atoms with Gasteiger partial charge in [0.25, 0.3) is 0 Å². The van der Waals surface area contributed by atoms with Crippen LogP contribution in [0.3, 0.4) is 0 Å². The van der Waals surface area contributed by atoms with Gasteiger partial charge in [-0.25, -0.2) is 0 Å². The molecule has 0 saturated carbocycles. The maximum Gasteiger partial charge on any atom is 0.0756 e. The number of aromatic nitrogens is 3. The van der Waals surface area contributed by atoms with E-state index < -0.39 is 5.41 Å². The summed E-state index contributed by atoms with van der Waals surface area (Å²) in [6.45, 7) is 0. The highest BCUT2D eigenvalue weighted by Gasteiger charge is 2.52. The summed E-state index contributed by atoms with van der Waals surface area (Å²) >= 11 is 0. The first-order chi connectivity index (χ1) is 21.8. The maximum absolute atomic E-state index is 4.89. The topological polar surface area (TPSA) is 30.7 Å². The van der Waals surface area contributed by atoms with E-state index in [1.807, 2.05) is 12.4 Å². The number of para-hydroxylation sites is 2. The number of hydrogen-bond acceptors (Lipinski definition) is 2. The molecule has 5 aromatic carbocycles. The van der Waals surface area contributed by atoms with Gasteiger partial charge in [0.1, 0.15) is 0 Å². The smallest absolute Gasteiger partial charge is 0.0756 e. The Balaban J connectivity index is 1.21. The molecule has 3 aromatic heterocycles. The fourth-order valence-corrected chi connectivity index (χ4v) is 8.02. The third-order valence-corrected chi connectivity index (χ3v) is 9.76. The summed E-state index contributed by atoms with van der Waals surface area (Å²) in [6.07, 6.45) is 5.89. The Labute approximate surface area is 254 Å². The second-order valence-electron chi connectivity index (χ2n) is 11.8. The van der Waals surface area contributed by atoms with Gasteiger partial charge in [0, 0.05) is 40.6 Å². The molecule has 3 nitrogen and oxygen atoms in total. The molecular formula is C41H25N3. The molecule has 10 rings (SSSR count). The van der Waals surface area contributed by atoms with E-state index in [2.05, 4.69) is 149 Å². The van der Waals surface area contributed by atoms with E-state index in [1.54, 1.807) is 0 Å². The van der Waals surface area contributed by atoms with Gasteiger partial charge < -0.3 is 4.57 Å². The van der Waals surface area contributed by atoms with Gasteiger partial charge in [0.15, 0.2) is 0 Å². The quantitative estimate of drug-likeness (QED) is 0.211. The predicted octanol–water partition coefficient (Wildman–Crippen LogP) is 9.58. The predicted molar refractivity (Wildman–Crippen MR) is 178 cm³/mol. The van der Waals surface area contributed by atoms with Crippen LogP contribution in [0.5, 0.6) is 0 Å². The summed E-state index contributed by atoms with van der Waals surface area (Å²) in [5.74, 6) is 0. The standard InChI is InChI=1S/C41H25N3/c1-2-9-28(10-3-1)44-38-15-7-5-11-30(38)33-24-27(17-19-39(33)44)26-16-18-35-32(23-26)29-20-22-42-25-37(29)41(35)34-13-6-4-12-31(34)40-36(41)14-8-21-43-40/h1-25H. The fourth-order valence-electron chi connectivity index (χ4n) is 8.02. The molecule has 0 aliphatic heterocycles. The number of hydrogen-bond donors (Lipinski definition) is 0. The van der Waals surface area contributed by atoms with Gasteiger partial charge in [-0.05, 0) is 93.0 Å². The second-order valence-corrected chi connectivity index (χ2v) is 11.8. The third-order valence-electron chi connectivity index (χ3n) is 9.76. The Morgan fingerprint density at radius 1 is 0.477 bits per heavy atom. The van der Waals surface area contributed by atoms with E-state index in [4.69, 9.17) is 4.98 Å². The van der Waals surface area contributed by atoms with Crippen molar-refractivity contribution in [2.24, 2.45) is 0 Å². The van der Waals surface area contributed by atoms with Crippen molar-refractivity contribution >= 4 is 21.8 Å². The lowest BCUT2D eigenvalue weighted by atomic mass is 9.71. The van der Waals surface area contributed by atoms with Gasteiger partial charge in [-0.3, -0.25) is 9.97 Å². The van der Waals surface area contributed by atoms with Crippen molar-refractivity contribution in [2.45, 2.75) is 5.41 Å². The Morgan fingerprint density at radius 3 is 2.18 bits per heavy atom. The molecule has 0 radical (unpaired) electrons. The molecule has 1 atom stereocenters. The molecule has 204 valence electrons. The van der Waals surface area contributed by atoms with Crippen molar-refractivity contribution < 1.29 is 0 Å². The zero-order chi connectivity index (χ0) is 28.8. The average Bonchev–Trinajstić information content (AvgIpc) is 3.70. The largest absolute Gasteiger partial charge is 0.309 e. The zero-order valence-electron chi connectivity index (χ0n) is 23.8. The average molecular weight is 560 g/mol. The summed E-state index contributed by atoms with van der Waals surface area (Å²) in [6, 6.07) is 48.5.